The van der Waals surface area contributed by atoms with Crippen molar-refractivity contribution in [1.29, 1.82) is 0 Å². The van der Waals surface area contributed by atoms with Crippen LogP contribution < -0.4 is 10.6 Å². The molecule has 39 heavy (non-hydrogen) atoms. The van der Waals surface area contributed by atoms with Gasteiger partial charge in [-0.1, -0.05) is 35.1 Å². The van der Waals surface area contributed by atoms with Gasteiger partial charge in [0.1, 0.15) is 15.4 Å². The number of rotatable bonds is 7. The number of aromatic nitrogens is 2. The van der Waals surface area contributed by atoms with Crippen molar-refractivity contribution in [2.24, 2.45) is 10.7 Å². The van der Waals surface area contributed by atoms with Crippen LogP contribution in [0.5, 0.6) is 0 Å². The molecule has 3 aliphatic heterocycles. The summed E-state index contributed by atoms with van der Waals surface area (Å²) in [4.78, 5) is 20.0. The van der Waals surface area contributed by atoms with E-state index in [1.54, 1.807) is 27.9 Å². The molecule has 2 N–H and O–H groups in total. The van der Waals surface area contributed by atoms with Crippen LogP contribution in [0.3, 0.4) is 0 Å². The molecule has 12 heteroatoms. The fraction of sp³-hybridized carbons (Fsp3) is 0.444. The summed E-state index contributed by atoms with van der Waals surface area (Å²) in [5, 5.41) is 0.985. The van der Waals surface area contributed by atoms with Crippen molar-refractivity contribution in [1.82, 2.24) is 19.2 Å². The zero-order valence-electron chi connectivity index (χ0n) is 22.2. The third-order valence-electron chi connectivity index (χ3n) is 7.64. The van der Waals surface area contributed by atoms with Gasteiger partial charge in [0.2, 0.25) is 10.0 Å². The highest BCUT2D eigenvalue weighted by molar-refractivity contribution is 7.88. The minimum absolute atomic E-state index is 0.239. The number of pyridine rings is 1. The smallest absolute Gasteiger partial charge is 0.211 e. The molecule has 2 aromatic heterocycles. The average molecular weight is 568 g/mol. The van der Waals surface area contributed by atoms with E-state index in [-0.39, 0.29) is 12.1 Å². The van der Waals surface area contributed by atoms with Gasteiger partial charge in [-0.15, -0.1) is 0 Å². The number of thiazole rings is 1. The van der Waals surface area contributed by atoms with Crippen molar-refractivity contribution in [2.45, 2.75) is 32.0 Å². The highest BCUT2D eigenvalue weighted by Gasteiger charge is 2.47. The number of fused-ring (bicyclic) bond motifs is 3. The number of anilines is 1. The molecule has 2 atom stereocenters. The summed E-state index contributed by atoms with van der Waals surface area (Å²) in [6, 6.07) is 10.5. The molecule has 2 unspecified atom stereocenters. The van der Waals surface area contributed by atoms with Crippen molar-refractivity contribution in [3.05, 3.63) is 52.5 Å². The van der Waals surface area contributed by atoms with E-state index in [1.165, 1.54) is 6.26 Å². The molecular weight excluding hydrogens is 534 g/mol. The minimum Gasteiger partial charge on any atom is -0.398 e. The van der Waals surface area contributed by atoms with E-state index in [4.69, 9.17) is 20.4 Å². The van der Waals surface area contributed by atoms with Gasteiger partial charge in [0.25, 0.3) is 0 Å². The zero-order valence-corrected chi connectivity index (χ0v) is 23.8. The molecule has 3 saturated heterocycles. The number of hydrogen-bond donors (Lipinski definition) is 1. The molecule has 6 rings (SSSR count). The molecule has 3 fully saturated rings. The Hall–Kier alpha value is -2.90. The molecule has 0 radical (unpaired) electrons. The number of benzene rings is 1. The Labute approximate surface area is 232 Å². The van der Waals surface area contributed by atoms with Crippen LogP contribution in [0.25, 0.3) is 16.0 Å². The molecule has 206 valence electrons. The number of sulfonamides is 1. The van der Waals surface area contributed by atoms with Gasteiger partial charge in [-0.3, -0.25) is 4.90 Å². The van der Waals surface area contributed by atoms with Gasteiger partial charge in [0.15, 0.2) is 5.82 Å². The molecule has 3 aromatic rings. The van der Waals surface area contributed by atoms with Crippen LogP contribution in [0.4, 0.5) is 11.5 Å². The van der Waals surface area contributed by atoms with Gasteiger partial charge in [-0.25, -0.2) is 23.4 Å². The topological polar surface area (TPSA) is 117 Å². The lowest BCUT2D eigenvalue weighted by atomic mass is 9.89. The van der Waals surface area contributed by atoms with E-state index in [1.807, 2.05) is 37.3 Å². The fourth-order valence-electron chi connectivity index (χ4n) is 5.55. The summed E-state index contributed by atoms with van der Waals surface area (Å²) in [7, 11) is -3.16. The molecule has 3 aliphatic rings. The molecule has 0 aliphatic carbocycles. The number of nitrogens with two attached hydrogens (primary N) is 1. The number of aryl methyl sites for hydroxylation is 1. The summed E-state index contributed by atoms with van der Waals surface area (Å²) in [5.41, 5.74) is 10.9. The lowest BCUT2D eigenvalue weighted by Crippen LogP contribution is -2.68. The SMILES string of the molecule is Cc1cccc(/C(N)=C/C=Nc2cc(N3CCOCC3)c3nc(CN4C5CC4CN(S(C)(=O)=O)C5)sc3n2)c1. The van der Waals surface area contributed by atoms with Gasteiger partial charge in [0.05, 0.1) is 31.7 Å². The first-order valence-corrected chi connectivity index (χ1v) is 15.8. The highest BCUT2D eigenvalue weighted by atomic mass is 32.2. The monoisotopic (exact) mass is 567 g/mol. The Kier molecular flexibility index (Phi) is 7.15. The number of morpholine rings is 1. The first-order valence-electron chi connectivity index (χ1n) is 13.2. The third kappa shape index (κ3) is 5.57. The van der Waals surface area contributed by atoms with Gasteiger partial charge in [0, 0.05) is 56.2 Å². The summed E-state index contributed by atoms with van der Waals surface area (Å²) in [5.74, 6) is 0.608. The first kappa shape index (κ1) is 26.3. The number of piperazine rings is 1. The molecule has 2 bridgehead atoms. The number of aliphatic imine (C=N–C) groups is 1. The number of likely N-dealkylation sites (tertiary alicyclic amines) is 1. The maximum absolute atomic E-state index is 12.0. The molecule has 0 saturated carbocycles. The van der Waals surface area contributed by atoms with E-state index >= 15 is 0 Å². The molecule has 0 spiro atoms. The van der Waals surface area contributed by atoms with E-state index in [0.29, 0.717) is 44.4 Å². The Morgan fingerprint density at radius 1 is 1.21 bits per heavy atom. The molecule has 10 nitrogen and oxygen atoms in total. The van der Waals surface area contributed by atoms with Gasteiger partial charge in [-0.05, 0) is 31.1 Å². The largest absolute Gasteiger partial charge is 0.398 e. The molecular formula is C27H33N7O3S2. The fourth-order valence-corrected chi connectivity index (χ4v) is 7.40. The predicted molar refractivity (Wildman–Crippen MR) is 156 cm³/mol. The number of ether oxygens (including phenoxy) is 1. The number of allylic oxidation sites excluding steroid dienone is 1. The normalized spacial score (nSPS) is 23.0. The van der Waals surface area contributed by atoms with Crippen molar-refractivity contribution >= 4 is 55.1 Å². The van der Waals surface area contributed by atoms with E-state index < -0.39 is 10.0 Å². The van der Waals surface area contributed by atoms with Crippen molar-refractivity contribution in [3.63, 3.8) is 0 Å². The number of piperidine rings is 1. The maximum Gasteiger partial charge on any atom is 0.211 e. The molecule has 1 aromatic carbocycles. The highest BCUT2D eigenvalue weighted by Crippen LogP contribution is 2.38. The summed E-state index contributed by atoms with van der Waals surface area (Å²) >= 11 is 1.58. The Morgan fingerprint density at radius 2 is 1.97 bits per heavy atom. The summed E-state index contributed by atoms with van der Waals surface area (Å²) in [6.07, 6.45) is 5.83. The van der Waals surface area contributed by atoms with E-state index in [9.17, 15) is 8.42 Å². The maximum atomic E-state index is 12.0. The predicted octanol–water partition coefficient (Wildman–Crippen LogP) is 2.76. The van der Waals surface area contributed by atoms with Gasteiger partial charge in [-0.2, -0.15) is 4.31 Å². The van der Waals surface area contributed by atoms with Crippen molar-refractivity contribution in [3.8, 4) is 0 Å². The van der Waals surface area contributed by atoms with E-state index in [0.717, 1.165) is 51.7 Å². The second-order valence-corrected chi connectivity index (χ2v) is 13.5. The Bertz CT molecular complexity index is 1530. The van der Waals surface area contributed by atoms with Crippen molar-refractivity contribution < 1.29 is 13.2 Å². The van der Waals surface area contributed by atoms with Crippen LogP contribution in [0, 0.1) is 6.92 Å². The van der Waals surface area contributed by atoms with Crippen LogP contribution >= 0.6 is 11.3 Å². The second kappa shape index (κ2) is 10.6. The quantitative estimate of drug-likeness (QED) is 0.433. The van der Waals surface area contributed by atoms with E-state index in [2.05, 4.69) is 14.8 Å². The first-order chi connectivity index (χ1) is 18.7. The van der Waals surface area contributed by atoms with Gasteiger partial charge >= 0.3 is 0 Å². The van der Waals surface area contributed by atoms with Crippen molar-refractivity contribution in [2.75, 3.05) is 50.5 Å². The van der Waals surface area contributed by atoms with Crippen LogP contribution in [0.2, 0.25) is 0 Å². The zero-order chi connectivity index (χ0) is 27.1. The van der Waals surface area contributed by atoms with Crippen LogP contribution in [0.15, 0.2) is 41.4 Å². The third-order valence-corrected chi connectivity index (χ3v) is 9.81. The van der Waals surface area contributed by atoms with Crippen LogP contribution in [-0.4, -0.2) is 91.5 Å². The lowest BCUT2D eigenvalue weighted by Gasteiger charge is -2.55. The average Bonchev–Trinajstić information content (AvgIpc) is 3.34. The molecule has 0 amide bonds. The standard InChI is InChI=1S/C27H33N7O3S2/c1-18-4-3-5-19(12-18)22(28)6-7-29-24-14-23(32-8-10-37-11-9-32)26-27(30-24)38-25(31-26)17-34-20-13-21(34)16-33(15-20)39(2,35)36/h3-7,12,14,20-21H,8-11,13,15-17,28H2,1-2H3/b22-6-,29-7?. The summed E-state index contributed by atoms with van der Waals surface area (Å²) < 4.78 is 31.2. The second-order valence-electron chi connectivity index (χ2n) is 10.4. The van der Waals surface area contributed by atoms with Crippen LogP contribution in [-0.2, 0) is 21.3 Å². The van der Waals surface area contributed by atoms with Crippen LogP contribution in [0.1, 0.15) is 22.6 Å². The van der Waals surface area contributed by atoms with Gasteiger partial charge < -0.3 is 15.4 Å². The lowest BCUT2D eigenvalue weighted by molar-refractivity contribution is -0.0495. The summed E-state index contributed by atoms with van der Waals surface area (Å²) in [6.45, 7) is 6.75. The minimum atomic E-state index is -3.16. The molecule has 5 heterocycles. The number of nitrogens with zero attached hydrogens (tertiary/aromatic N) is 6. The number of hydrogen-bond acceptors (Lipinski definition) is 10. The Balaban J connectivity index is 1.26. The Morgan fingerprint density at radius 3 is 2.69 bits per heavy atom.